The highest BCUT2D eigenvalue weighted by Crippen LogP contribution is 2.27. The van der Waals surface area contributed by atoms with Crippen molar-refractivity contribution in [3.8, 4) is 0 Å². The van der Waals surface area contributed by atoms with Gasteiger partial charge in [-0.1, -0.05) is 30.3 Å². The highest BCUT2D eigenvalue weighted by Gasteiger charge is 2.31. The van der Waals surface area contributed by atoms with E-state index >= 15 is 0 Å². The fourth-order valence-corrected chi connectivity index (χ4v) is 4.48. The van der Waals surface area contributed by atoms with Crippen molar-refractivity contribution in [3.05, 3.63) is 35.9 Å². The highest BCUT2D eigenvalue weighted by molar-refractivity contribution is 7.88. The number of hydrogen-bond donors (Lipinski definition) is 1. The molecule has 1 aromatic carbocycles. The first-order chi connectivity index (χ1) is 11.4. The van der Waals surface area contributed by atoms with Crippen LogP contribution in [-0.2, 0) is 10.0 Å². The molecule has 0 saturated carbocycles. The molecule has 24 heavy (non-hydrogen) atoms. The second-order valence-electron chi connectivity index (χ2n) is 6.75. The van der Waals surface area contributed by atoms with Crippen LogP contribution in [0.25, 0.3) is 0 Å². The lowest BCUT2D eigenvalue weighted by molar-refractivity contribution is 0.195. The second kappa shape index (κ2) is 7.11. The average molecular weight is 351 g/mol. The third-order valence-corrected chi connectivity index (χ3v) is 6.20. The Balaban J connectivity index is 1.54. The molecule has 2 aliphatic rings. The lowest BCUT2D eigenvalue weighted by atomic mass is 9.99. The Kier molecular flexibility index (Phi) is 5.10. The Morgan fingerprint density at radius 2 is 1.88 bits per heavy atom. The molecular weight excluding hydrogens is 326 g/mol. The van der Waals surface area contributed by atoms with Crippen LogP contribution in [-0.4, -0.2) is 62.1 Å². The summed E-state index contributed by atoms with van der Waals surface area (Å²) in [4.78, 5) is 14.3. The molecule has 7 heteroatoms. The molecule has 0 bridgehead atoms. The van der Waals surface area contributed by atoms with Crippen molar-refractivity contribution >= 4 is 16.1 Å². The predicted octanol–water partition coefficient (Wildman–Crippen LogP) is 1.61. The predicted molar refractivity (Wildman–Crippen MR) is 93.3 cm³/mol. The summed E-state index contributed by atoms with van der Waals surface area (Å²) in [7, 11) is -3.19. The Morgan fingerprint density at radius 1 is 1.12 bits per heavy atom. The zero-order valence-electron chi connectivity index (χ0n) is 14.0. The molecule has 1 aromatic rings. The van der Waals surface area contributed by atoms with Crippen molar-refractivity contribution in [1.29, 1.82) is 0 Å². The maximum absolute atomic E-state index is 12.5. The molecule has 2 aliphatic heterocycles. The van der Waals surface area contributed by atoms with Crippen LogP contribution in [0.2, 0.25) is 0 Å². The number of hydrogen-bond acceptors (Lipinski definition) is 3. The van der Waals surface area contributed by atoms with Crippen LogP contribution >= 0.6 is 0 Å². The molecule has 0 radical (unpaired) electrons. The number of sulfonamides is 1. The van der Waals surface area contributed by atoms with Crippen molar-refractivity contribution in [3.63, 3.8) is 0 Å². The van der Waals surface area contributed by atoms with Gasteiger partial charge in [0, 0.05) is 38.1 Å². The molecule has 0 aliphatic carbocycles. The number of rotatable bonds is 3. The number of benzene rings is 1. The molecule has 2 amide bonds. The number of carbonyl (C=O) groups excluding carboxylic acids is 1. The fraction of sp³-hybridized carbons (Fsp3) is 0.588. The molecule has 2 unspecified atom stereocenters. The van der Waals surface area contributed by atoms with Gasteiger partial charge in [0.25, 0.3) is 0 Å². The smallest absolute Gasteiger partial charge is 0.317 e. The van der Waals surface area contributed by atoms with E-state index in [9.17, 15) is 13.2 Å². The fourth-order valence-electron chi connectivity index (χ4n) is 3.57. The van der Waals surface area contributed by atoms with Gasteiger partial charge in [-0.25, -0.2) is 17.5 Å². The minimum absolute atomic E-state index is 0.0752. The Labute approximate surface area is 143 Å². The SMILES string of the molecule is CS(=O)(=O)N1CCCC(NC(=O)N2CCC(c3ccccc3)C2)C1. The van der Waals surface area contributed by atoms with Crippen molar-refractivity contribution in [2.75, 3.05) is 32.4 Å². The zero-order chi connectivity index (χ0) is 17.2. The largest absolute Gasteiger partial charge is 0.334 e. The molecule has 1 N–H and O–H groups in total. The quantitative estimate of drug-likeness (QED) is 0.899. The number of piperidine rings is 1. The van der Waals surface area contributed by atoms with Crippen LogP contribution in [0, 0.1) is 0 Å². The molecule has 3 rings (SSSR count). The van der Waals surface area contributed by atoms with Crippen molar-refractivity contribution in [2.24, 2.45) is 0 Å². The van der Waals surface area contributed by atoms with Gasteiger partial charge in [-0.2, -0.15) is 0 Å². The van der Waals surface area contributed by atoms with Gasteiger partial charge in [-0.05, 0) is 24.8 Å². The van der Waals surface area contributed by atoms with Gasteiger partial charge in [0.05, 0.1) is 6.26 Å². The minimum Gasteiger partial charge on any atom is -0.334 e. The number of likely N-dealkylation sites (tertiary alicyclic amines) is 1. The van der Waals surface area contributed by atoms with E-state index in [0.29, 0.717) is 19.0 Å². The van der Waals surface area contributed by atoms with E-state index in [1.165, 1.54) is 16.1 Å². The zero-order valence-corrected chi connectivity index (χ0v) is 14.8. The topological polar surface area (TPSA) is 69.7 Å². The number of carbonyl (C=O) groups is 1. The second-order valence-corrected chi connectivity index (χ2v) is 8.73. The van der Waals surface area contributed by atoms with Gasteiger partial charge in [0.15, 0.2) is 0 Å². The minimum atomic E-state index is -3.19. The maximum atomic E-state index is 12.5. The number of urea groups is 1. The van der Waals surface area contributed by atoms with Crippen LogP contribution in [0.4, 0.5) is 4.79 Å². The Morgan fingerprint density at radius 3 is 2.58 bits per heavy atom. The molecule has 2 atom stereocenters. The van der Waals surface area contributed by atoms with E-state index in [2.05, 4.69) is 17.4 Å². The number of nitrogens with one attached hydrogen (secondary N) is 1. The monoisotopic (exact) mass is 351 g/mol. The summed E-state index contributed by atoms with van der Waals surface area (Å²) in [6, 6.07) is 10.1. The Hall–Kier alpha value is -1.60. The van der Waals surface area contributed by atoms with E-state index in [-0.39, 0.29) is 12.1 Å². The van der Waals surface area contributed by atoms with E-state index in [1.807, 2.05) is 23.1 Å². The first-order valence-electron chi connectivity index (χ1n) is 8.49. The normalized spacial score (nSPS) is 25.6. The summed E-state index contributed by atoms with van der Waals surface area (Å²) in [5.41, 5.74) is 1.27. The summed E-state index contributed by atoms with van der Waals surface area (Å²) < 4.78 is 24.8. The highest BCUT2D eigenvalue weighted by atomic mass is 32.2. The van der Waals surface area contributed by atoms with E-state index in [0.717, 1.165) is 32.4 Å². The van der Waals surface area contributed by atoms with Gasteiger partial charge < -0.3 is 10.2 Å². The molecule has 2 saturated heterocycles. The van der Waals surface area contributed by atoms with Crippen molar-refractivity contribution < 1.29 is 13.2 Å². The standard InChI is InChI=1S/C17H25N3O3S/c1-24(22,23)20-10-5-8-16(13-20)18-17(21)19-11-9-15(12-19)14-6-3-2-4-7-14/h2-4,6-7,15-16H,5,8-13H2,1H3,(H,18,21). The summed E-state index contributed by atoms with van der Waals surface area (Å²) in [6.45, 7) is 2.39. The first kappa shape index (κ1) is 17.2. The van der Waals surface area contributed by atoms with Crippen molar-refractivity contribution in [2.45, 2.75) is 31.2 Å². The van der Waals surface area contributed by atoms with Gasteiger partial charge in [-0.15, -0.1) is 0 Å². The molecular formula is C17H25N3O3S. The van der Waals surface area contributed by atoms with Gasteiger partial charge >= 0.3 is 6.03 Å². The van der Waals surface area contributed by atoms with Crippen LogP contribution in [0.3, 0.4) is 0 Å². The van der Waals surface area contributed by atoms with E-state index in [1.54, 1.807) is 0 Å². The van der Waals surface area contributed by atoms with Crippen LogP contribution in [0.5, 0.6) is 0 Å². The molecule has 2 fully saturated rings. The van der Waals surface area contributed by atoms with Crippen LogP contribution in [0.1, 0.15) is 30.7 Å². The Bertz CT molecular complexity index is 678. The summed E-state index contributed by atoms with van der Waals surface area (Å²) in [5.74, 6) is 0.385. The molecule has 132 valence electrons. The van der Waals surface area contributed by atoms with Crippen LogP contribution in [0.15, 0.2) is 30.3 Å². The van der Waals surface area contributed by atoms with Gasteiger partial charge in [0.2, 0.25) is 10.0 Å². The molecule has 0 aromatic heterocycles. The number of nitrogens with zero attached hydrogens (tertiary/aromatic N) is 2. The average Bonchev–Trinajstić information content (AvgIpc) is 3.05. The summed E-state index contributed by atoms with van der Waals surface area (Å²) in [5, 5.41) is 3.02. The lowest BCUT2D eigenvalue weighted by Crippen LogP contribution is -2.52. The lowest BCUT2D eigenvalue weighted by Gasteiger charge is -2.32. The van der Waals surface area contributed by atoms with Gasteiger partial charge in [-0.3, -0.25) is 0 Å². The van der Waals surface area contributed by atoms with Crippen LogP contribution < -0.4 is 5.32 Å². The molecule has 2 heterocycles. The summed E-state index contributed by atoms with van der Waals surface area (Å²) in [6.07, 6.45) is 3.80. The van der Waals surface area contributed by atoms with Crippen molar-refractivity contribution in [1.82, 2.24) is 14.5 Å². The first-order valence-corrected chi connectivity index (χ1v) is 10.3. The van der Waals surface area contributed by atoms with E-state index < -0.39 is 10.0 Å². The molecule has 6 nitrogen and oxygen atoms in total. The molecule has 0 spiro atoms. The third kappa shape index (κ3) is 4.08. The van der Waals surface area contributed by atoms with Gasteiger partial charge in [0.1, 0.15) is 0 Å². The summed E-state index contributed by atoms with van der Waals surface area (Å²) >= 11 is 0. The van der Waals surface area contributed by atoms with E-state index in [4.69, 9.17) is 0 Å². The third-order valence-electron chi connectivity index (χ3n) is 4.93. The number of amides is 2. The maximum Gasteiger partial charge on any atom is 0.317 e.